The first kappa shape index (κ1) is 16.8. The van der Waals surface area contributed by atoms with Gasteiger partial charge in [0, 0.05) is 38.9 Å². The molecule has 0 atom stereocenters. The van der Waals surface area contributed by atoms with Crippen LogP contribution in [-0.2, 0) is 18.3 Å². The summed E-state index contributed by atoms with van der Waals surface area (Å²) in [5.41, 5.74) is 3.35. The van der Waals surface area contributed by atoms with Crippen LogP contribution in [0.15, 0.2) is 24.5 Å². The first-order valence-corrected chi connectivity index (χ1v) is 9.17. The molecule has 0 radical (unpaired) electrons. The standard InChI is InChI=1S/C19H24N6O/c1-13-4-3-5-15-18(13)22-19(21-15)14-8-10-25(11-9-14)17(26)7-6-16-23-20-12-24(16)2/h3-5,12,14H,6-11H2,1-2H3,(H,21,22). The van der Waals surface area contributed by atoms with Crippen LogP contribution in [0.3, 0.4) is 0 Å². The van der Waals surface area contributed by atoms with Crippen molar-refractivity contribution >= 4 is 16.9 Å². The molecule has 0 unspecified atom stereocenters. The van der Waals surface area contributed by atoms with Crippen molar-refractivity contribution in [2.45, 2.75) is 38.5 Å². The van der Waals surface area contributed by atoms with Crippen molar-refractivity contribution in [1.29, 1.82) is 0 Å². The van der Waals surface area contributed by atoms with Crippen LogP contribution in [0.5, 0.6) is 0 Å². The number of nitrogens with zero attached hydrogens (tertiary/aromatic N) is 5. The van der Waals surface area contributed by atoms with Crippen LogP contribution in [0.1, 0.15) is 42.4 Å². The molecule has 0 saturated carbocycles. The first-order valence-electron chi connectivity index (χ1n) is 9.17. The number of rotatable bonds is 4. The molecule has 7 nitrogen and oxygen atoms in total. The number of carbonyl (C=O) groups excluding carboxylic acids is 1. The Bertz CT molecular complexity index is 919. The highest BCUT2D eigenvalue weighted by atomic mass is 16.2. The lowest BCUT2D eigenvalue weighted by atomic mass is 9.96. The van der Waals surface area contributed by atoms with E-state index in [1.807, 2.05) is 16.5 Å². The second-order valence-electron chi connectivity index (χ2n) is 7.11. The normalized spacial score (nSPS) is 15.7. The Kier molecular flexibility index (Phi) is 4.44. The lowest BCUT2D eigenvalue weighted by molar-refractivity contribution is -0.132. The number of likely N-dealkylation sites (tertiary alicyclic amines) is 1. The number of aromatic amines is 1. The SMILES string of the molecule is Cc1cccc2[nH]c(C3CCN(C(=O)CCc4nncn4C)CC3)nc12. The molecule has 2 aromatic heterocycles. The largest absolute Gasteiger partial charge is 0.343 e. The lowest BCUT2D eigenvalue weighted by Crippen LogP contribution is -2.38. The third-order valence-electron chi connectivity index (χ3n) is 5.33. The Morgan fingerprint density at radius 1 is 1.31 bits per heavy atom. The van der Waals surface area contributed by atoms with Gasteiger partial charge in [-0.15, -0.1) is 10.2 Å². The van der Waals surface area contributed by atoms with E-state index in [-0.39, 0.29) is 5.91 Å². The molecule has 1 aliphatic heterocycles. The third-order valence-corrected chi connectivity index (χ3v) is 5.33. The number of hydrogen-bond acceptors (Lipinski definition) is 4. The second-order valence-corrected chi connectivity index (χ2v) is 7.11. The number of imidazole rings is 1. The molecule has 1 saturated heterocycles. The van der Waals surface area contributed by atoms with Crippen molar-refractivity contribution in [3.63, 3.8) is 0 Å². The molecule has 1 aromatic carbocycles. The fourth-order valence-corrected chi connectivity index (χ4v) is 3.70. The fraction of sp³-hybridized carbons (Fsp3) is 0.474. The average molecular weight is 352 g/mol. The van der Waals surface area contributed by atoms with Gasteiger partial charge in [-0.25, -0.2) is 4.98 Å². The van der Waals surface area contributed by atoms with Crippen LogP contribution >= 0.6 is 0 Å². The molecular formula is C19H24N6O. The third kappa shape index (κ3) is 3.21. The van der Waals surface area contributed by atoms with Gasteiger partial charge in [-0.2, -0.15) is 0 Å². The summed E-state index contributed by atoms with van der Waals surface area (Å²) in [7, 11) is 1.90. The quantitative estimate of drug-likeness (QED) is 0.781. The van der Waals surface area contributed by atoms with Gasteiger partial charge >= 0.3 is 0 Å². The van der Waals surface area contributed by atoms with Crippen molar-refractivity contribution in [1.82, 2.24) is 29.6 Å². The zero-order chi connectivity index (χ0) is 18.1. The summed E-state index contributed by atoms with van der Waals surface area (Å²) in [5.74, 6) is 2.50. The summed E-state index contributed by atoms with van der Waals surface area (Å²) in [5, 5.41) is 7.90. The Hall–Kier alpha value is -2.70. The van der Waals surface area contributed by atoms with Crippen LogP contribution in [0.25, 0.3) is 11.0 Å². The lowest BCUT2D eigenvalue weighted by Gasteiger charge is -2.31. The predicted molar refractivity (Wildman–Crippen MR) is 98.7 cm³/mol. The van der Waals surface area contributed by atoms with Crippen LogP contribution in [0.4, 0.5) is 0 Å². The molecule has 1 N–H and O–H groups in total. The predicted octanol–water partition coefficient (Wildman–Crippen LogP) is 2.34. The molecule has 0 aliphatic carbocycles. The Balaban J connectivity index is 1.35. The Morgan fingerprint density at radius 3 is 2.81 bits per heavy atom. The molecule has 3 heterocycles. The van der Waals surface area contributed by atoms with Gasteiger partial charge in [-0.3, -0.25) is 4.79 Å². The first-order chi connectivity index (χ1) is 12.6. The van der Waals surface area contributed by atoms with Crippen molar-refractivity contribution in [3.05, 3.63) is 41.7 Å². The van der Waals surface area contributed by atoms with Crippen LogP contribution in [-0.4, -0.2) is 48.6 Å². The fourth-order valence-electron chi connectivity index (χ4n) is 3.70. The highest BCUT2D eigenvalue weighted by Crippen LogP contribution is 2.28. The van der Waals surface area contributed by atoms with Crippen LogP contribution in [0, 0.1) is 6.92 Å². The van der Waals surface area contributed by atoms with Crippen molar-refractivity contribution < 1.29 is 4.79 Å². The summed E-state index contributed by atoms with van der Waals surface area (Å²) < 4.78 is 1.86. The van der Waals surface area contributed by atoms with E-state index in [0.717, 1.165) is 48.6 Å². The van der Waals surface area contributed by atoms with Crippen LogP contribution in [0.2, 0.25) is 0 Å². The van der Waals surface area contributed by atoms with E-state index in [2.05, 4.69) is 40.3 Å². The summed E-state index contributed by atoms with van der Waals surface area (Å²) in [6, 6.07) is 6.22. The summed E-state index contributed by atoms with van der Waals surface area (Å²) >= 11 is 0. The van der Waals surface area contributed by atoms with Crippen molar-refractivity contribution in [3.8, 4) is 0 Å². The smallest absolute Gasteiger partial charge is 0.223 e. The van der Waals surface area contributed by atoms with E-state index in [0.29, 0.717) is 18.8 Å². The number of amides is 1. The Labute approximate surface area is 152 Å². The van der Waals surface area contributed by atoms with E-state index >= 15 is 0 Å². The van der Waals surface area contributed by atoms with E-state index in [1.54, 1.807) is 6.33 Å². The molecule has 1 amide bonds. The maximum absolute atomic E-state index is 12.5. The van der Waals surface area contributed by atoms with Gasteiger partial charge in [0.05, 0.1) is 11.0 Å². The van der Waals surface area contributed by atoms with Gasteiger partial charge in [0.15, 0.2) is 0 Å². The van der Waals surface area contributed by atoms with Gasteiger partial charge < -0.3 is 14.5 Å². The van der Waals surface area contributed by atoms with E-state index in [4.69, 9.17) is 4.98 Å². The topological polar surface area (TPSA) is 79.7 Å². The summed E-state index contributed by atoms with van der Waals surface area (Å²) in [6.45, 7) is 3.67. The molecule has 0 bridgehead atoms. The average Bonchev–Trinajstić information content (AvgIpc) is 3.27. The molecule has 0 spiro atoms. The van der Waals surface area contributed by atoms with E-state index in [9.17, 15) is 4.79 Å². The number of H-pyrrole nitrogens is 1. The van der Waals surface area contributed by atoms with Gasteiger partial charge in [-0.05, 0) is 31.4 Å². The number of hydrogen-bond donors (Lipinski definition) is 1. The monoisotopic (exact) mass is 352 g/mol. The van der Waals surface area contributed by atoms with Gasteiger partial charge in [-0.1, -0.05) is 12.1 Å². The number of benzene rings is 1. The molecule has 26 heavy (non-hydrogen) atoms. The van der Waals surface area contributed by atoms with Gasteiger partial charge in [0.1, 0.15) is 18.0 Å². The maximum atomic E-state index is 12.5. The zero-order valence-electron chi connectivity index (χ0n) is 15.3. The molecule has 136 valence electrons. The highest BCUT2D eigenvalue weighted by Gasteiger charge is 2.26. The van der Waals surface area contributed by atoms with E-state index in [1.165, 1.54) is 5.56 Å². The summed E-state index contributed by atoms with van der Waals surface area (Å²) in [6.07, 6.45) is 4.70. The molecule has 3 aromatic rings. The summed E-state index contributed by atoms with van der Waals surface area (Å²) in [4.78, 5) is 22.7. The minimum absolute atomic E-state index is 0.201. The van der Waals surface area contributed by atoms with E-state index < -0.39 is 0 Å². The Morgan fingerprint density at radius 2 is 2.12 bits per heavy atom. The number of fused-ring (bicyclic) bond motifs is 1. The van der Waals surface area contributed by atoms with Crippen molar-refractivity contribution in [2.75, 3.05) is 13.1 Å². The minimum Gasteiger partial charge on any atom is -0.343 e. The van der Waals surface area contributed by atoms with Crippen molar-refractivity contribution in [2.24, 2.45) is 7.05 Å². The molecule has 1 fully saturated rings. The maximum Gasteiger partial charge on any atom is 0.223 e. The second kappa shape index (κ2) is 6.90. The number of nitrogens with one attached hydrogen (secondary N) is 1. The number of aromatic nitrogens is 5. The minimum atomic E-state index is 0.201. The highest BCUT2D eigenvalue weighted by molar-refractivity contribution is 5.78. The molecule has 4 rings (SSSR count). The number of para-hydroxylation sites is 1. The zero-order valence-corrected chi connectivity index (χ0v) is 15.3. The number of aryl methyl sites for hydroxylation is 3. The molecule has 1 aliphatic rings. The molecular weight excluding hydrogens is 328 g/mol. The van der Waals surface area contributed by atoms with Gasteiger partial charge in [0.2, 0.25) is 5.91 Å². The van der Waals surface area contributed by atoms with Gasteiger partial charge in [0.25, 0.3) is 0 Å². The molecule has 7 heteroatoms. The number of carbonyl (C=O) groups is 1. The number of piperidine rings is 1. The van der Waals surface area contributed by atoms with Crippen LogP contribution < -0.4 is 0 Å².